The number of nitrogens with one attached hydrogen (secondary N) is 1. The lowest BCUT2D eigenvalue weighted by Crippen LogP contribution is -2.54. The number of ether oxygens (including phenoxy) is 2. The highest BCUT2D eigenvalue weighted by atomic mass is 16.6. The van der Waals surface area contributed by atoms with E-state index < -0.39 is 17.5 Å². The molecule has 7 heteroatoms. The van der Waals surface area contributed by atoms with Crippen molar-refractivity contribution >= 4 is 17.9 Å². The molecule has 1 saturated carbocycles. The van der Waals surface area contributed by atoms with Crippen LogP contribution in [0.5, 0.6) is 0 Å². The Labute approximate surface area is 143 Å². The molecule has 0 unspecified atom stereocenters. The molecule has 24 heavy (non-hydrogen) atoms. The molecule has 136 valence electrons. The molecule has 0 bridgehead atoms. The van der Waals surface area contributed by atoms with Gasteiger partial charge in [-0.15, -0.1) is 0 Å². The Bertz CT molecular complexity index is 519. The first-order chi connectivity index (χ1) is 11.2. The molecule has 1 N–H and O–H groups in total. The summed E-state index contributed by atoms with van der Waals surface area (Å²) in [5, 5.41) is 2.84. The minimum atomic E-state index is -0.885. The number of hydrogen-bond acceptors (Lipinski definition) is 5. The number of imide groups is 1. The molecule has 1 saturated heterocycles. The van der Waals surface area contributed by atoms with Gasteiger partial charge in [0.2, 0.25) is 0 Å². The minimum absolute atomic E-state index is 0.0331. The summed E-state index contributed by atoms with van der Waals surface area (Å²) in [7, 11) is 0. The van der Waals surface area contributed by atoms with Crippen molar-refractivity contribution in [3.05, 3.63) is 0 Å². The summed E-state index contributed by atoms with van der Waals surface area (Å²) in [5.74, 6) is -0.580. The number of amides is 3. The van der Waals surface area contributed by atoms with Gasteiger partial charge in [-0.25, -0.2) is 4.79 Å². The van der Waals surface area contributed by atoms with E-state index in [0.29, 0.717) is 32.0 Å². The predicted molar refractivity (Wildman–Crippen MR) is 87.2 cm³/mol. The van der Waals surface area contributed by atoms with Crippen molar-refractivity contribution in [3.8, 4) is 0 Å². The molecule has 0 aromatic rings. The Morgan fingerprint density at radius 3 is 2.62 bits per heavy atom. The monoisotopic (exact) mass is 340 g/mol. The van der Waals surface area contributed by atoms with Crippen LogP contribution in [-0.2, 0) is 19.1 Å². The molecule has 2 atom stereocenters. The lowest BCUT2D eigenvalue weighted by Gasteiger charge is -2.43. The van der Waals surface area contributed by atoms with Crippen LogP contribution < -0.4 is 5.32 Å². The highest BCUT2D eigenvalue weighted by Crippen LogP contribution is 2.46. The van der Waals surface area contributed by atoms with Crippen LogP contribution in [-0.4, -0.2) is 54.7 Å². The number of esters is 1. The summed E-state index contributed by atoms with van der Waals surface area (Å²) in [5.41, 5.74) is -0.918. The SMILES string of the molecule is CCOCCOC(=O)CN1C(=O)N[C@@]2(C[C@H](C)CC(C)(C)C2)C1=O. The molecule has 1 aliphatic carbocycles. The average molecular weight is 340 g/mol. The molecular formula is C17H28N2O5. The second kappa shape index (κ2) is 7.09. The Balaban J connectivity index is 2.00. The van der Waals surface area contributed by atoms with Crippen LogP contribution in [0.25, 0.3) is 0 Å². The number of hydrogen-bond donors (Lipinski definition) is 1. The van der Waals surface area contributed by atoms with Gasteiger partial charge in [0.1, 0.15) is 18.7 Å². The topological polar surface area (TPSA) is 84.9 Å². The summed E-state index contributed by atoms with van der Waals surface area (Å²) < 4.78 is 10.1. The Morgan fingerprint density at radius 2 is 2.00 bits per heavy atom. The van der Waals surface area contributed by atoms with Crippen LogP contribution in [0, 0.1) is 11.3 Å². The van der Waals surface area contributed by atoms with Crippen LogP contribution >= 0.6 is 0 Å². The molecule has 3 amide bonds. The molecular weight excluding hydrogens is 312 g/mol. The van der Waals surface area contributed by atoms with Crippen molar-refractivity contribution in [1.29, 1.82) is 0 Å². The number of carbonyl (C=O) groups is 3. The maximum atomic E-state index is 12.8. The molecule has 1 spiro atoms. The molecule has 0 aromatic heterocycles. The third-order valence-electron chi connectivity index (χ3n) is 4.61. The van der Waals surface area contributed by atoms with Crippen molar-refractivity contribution in [2.75, 3.05) is 26.4 Å². The van der Waals surface area contributed by atoms with Crippen LogP contribution in [0.4, 0.5) is 4.79 Å². The minimum Gasteiger partial charge on any atom is -0.462 e. The van der Waals surface area contributed by atoms with Crippen LogP contribution in [0.2, 0.25) is 0 Å². The van der Waals surface area contributed by atoms with Crippen molar-refractivity contribution < 1.29 is 23.9 Å². The number of rotatable bonds is 6. The van der Waals surface area contributed by atoms with Crippen LogP contribution in [0.1, 0.15) is 47.0 Å². The molecule has 1 aliphatic heterocycles. The fourth-order valence-electron chi connectivity index (χ4n) is 4.18. The van der Waals surface area contributed by atoms with Crippen molar-refractivity contribution in [3.63, 3.8) is 0 Å². The van der Waals surface area contributed by atoms with Crippen LogP contribution in [0.3, 0.4) is 0 Å². The zero-order chi connectivity index (χ0) is 18.0. The van der Waals surface area contributed by atoms with Crippen molar-refractivity contribution in [2.24, 2.45) is 11.3 Å². The Hall–Kier alpha value is -1.63. The van der Waals surface area contributed by atoms with Gasteiger partial charge in [0.05, 0.1) is 6.61 Å². The quantitative estimate of drug-likeness (QED) is 0.452. The lowest BCUT2D eigenvalue weighted by molar-refractivity contribution is -0.149. The van der Waals surface area contributed by atoms with Gasteiger partial charge in [0, 0.05) is 6.61 Å². The molecule has 2 fully saturated rings. The zero-order valence-electron chi connectivity index (χ0n) is 15.0. The molecule has 0 radical (unpaired) electrons. The maximum absolute atomic E-state index is 12.8. The van der Waals surface area contributed by atoms with Crippen molar-refractivity contribution in [2.45, 2.75) is 52.5 Å². The molecule has 2 rings (SSSR count). The second-order valence-corrected chi connectivity index (χ2v) is 7.68. The average Bonchev–Trinajstić information content (AvgIpc) is 2.65. The van der Waals surface area contributed by atoms with E-state index in [2.05, 4.69) is 26.1 Å². The largest absolute Gasteiger partial charge is 0.462 e. The predicted octanol–water partition coefficient (Wildman–Crippen LogP) is 1.70. The molecule has 0 aromatic carbocycles. The summed E-state index contributed by atoms with van der Waals surface area (Å²) in [4.78, 5) is 37.9. The van der Waals surface area contributed by atoms with Gasteiger partial charge in [0.25, 0.3) is 5.91 Å². The van der Waals surface area contributed by atoms with Gasteiger partial charge < -0.3 is 14.8 Å². The van der Waals surface area contributed by atoms with Gasteiger partial charge in [0.15, 0.2) is 0 Å². The third kappa shape index (κ3) is 4.06. The number of nitrogens with zero attached hydrogens (tertiary/aromatic N) is 1. The number of carbonyl (C=O) groups excluding carboxylic acids is 3. The van der Waals surface area contributed by atoms with Crippen molar-refractivity contribution in [1.82, 2.24) is 10.2 Å². The maximum Gasteiger partial charge on any atom is 0.326 e. The van der Waals surface area contributed by atoms with Gasteiger partial charge >= 0.3 is 12.0 Å². The summed E-state index contributed by atoms with van der Waals surface area (Å²) in [6.45, 7) is 8.76. The van der Waals surface area contributed by atoms with Crippen LogP contribution in [0.15, 0.2) is 0 Å². The first-order valence-corrected chi connectivity index (χ1v) is 8.56. The molecule has 7 nitrogen and oxygen atoms in total. The highest BCUT2D eigenvalue weighted by molar-refractivity contribution is 6.08. The smallest absolute Gasteiger partial charge is 0.326 e. The van der Waals surface area contributed by atoms with E-state index in [-0.39, 0.29) is 24.5 Å². The van der Waals surface area contributed by atoms with E-state index in [4.69, 9.17) is 9.47 Å². The fourth-order valence-corrected chi connectivity index (χ4v) is 4.18. The van der Waals surface area contributed by atoms with E-state index in [9.17, 15) is 14.4 Å². The zero-order valence-corrected chi connectivity index (χ0v) is 15.0. The normalized spacial score (nSPS) is 29.0. The summed E-state index contributed by atoms with van der Waals surface area (Å²) >= 11 is 0. The fraction of sp³-hybridized carbons (Fsp3) is 0.824. The summed E-state index contributed by atoms with van der Waals surface area (Å²) in [6.07, 6.45) is 2.21. The summed E-state index contributed by atoms with van der Waals surface area (Å²) in [6, 6.07) is -0.508. The Morgan fingerprint density at radius 1 is 1.29 bits per heavy atom. The first kappa shape index (κ1) is 18.7. The second-order valence-electron chi connectivity index (χ2n) is 7.68. The highest BCUT2D eigenvalue weighted by Gasteiger charge is 2.56. The van der Waals surface area contributed by atoms with Gasteiger partial charge in [-0.2, -0.15) is 0 Å². The third-order valence-corrected chi connectivity index (χ3v) is 4.61. The van der Waals surface area contributed by atoms with Gasteiger partial charge in [-0.3, -0.25) is 14.5 Å². The Kier molecular flexibility index (Phi) is 5.52. The lowest BCUT2D eigenvalue weighted by atomic mass is 9.64. The molecule has 2 aliphatic rings. The van der Waals surface area contributed by atoms with Gasteiger partial charge in [-0.1, -0.05) is 20.8 Å². The van der Waals surface area contributed by atoms with E-state index in [1.807, 2.05) is 6.92 Å². The standard InChI is InChI=1S/C17H28N2O5/c1-5-23-6-7-24-13(20)10-19-14(21)17(18-15(19)22)9-12(2)8-16(3,4)11-17/h12H,5-11H2,1-4H3,(H,18,22)/t12-,17-/m1/s1. The van der Waals surface area contributed by atoms with E-state index in [0.717, 1.165) is 11.3 Å². The van der Waals surface area contributed by atoms with E-state index in [1.165, 1.54) is 0 Å². The number of urea groups is 1. The molecule has 1 heterocycles. The van der Waals surface area contributed by atoms with Gasteiger partial charge in [-0.05, 0) is 37.5 Å². The van der Waals surface area contributed by atoms with E-state index >= 15 is 0 Å². The van der Waals surface area contributed by atoms with E-state index in [1.54, 1.807) is 0 Å². The first-order valence-electron chi connectivity index (χ1n) is 8.56.